The summed E-state index contributed by atoms with van der Waals surface area (Å²) in [6.45, 7) is 6.08. The molecule has 0 spiro atoms. The maximum Gasteiger partial charge on any atom is 0.228 e. The molecule has 1 amide bonds. The van der Waals surface area contributed by atoms with E-state index in [9.17, 15) is 4.79 Å². The molecule has 0 aliphatic carbocycles. The van der Waals surface area contributed by atoms with E-state index in [1.54, 1.807) is 11.3 Å². The third kappa shape index (κ3) is 4.12. The van der Waals surface area contributed by atoms with E-state index in [1.807, 2.05) is 23.7 Å². The minimum Gasteiger partial charge on any atom is -0.336 e. The Morgan fingerprint density at radius 2 is 2.12 bits per heavy atom. The van der Waals surface area contributed by atoms with Gasteiger partial charge in [0.15, 0.2) is 0 Å². The fourth-order valence-corrected chi connectivity index (χ4v) is 4.65. The molecular formula is C19H26N4OS. The van der Waals surface area contributed by atoms with Crippen molar-refractivity contribution in [1.82, 2.24) is 19.6 Å². The van der Waals surface area contributed by atoms with Gasteiger partial charge in [-0.3, -0.25) is 9.48 Å². The van der Waals surface area contributed by atoms with E-state index in [4.69, 9.17) is 0 Å². The van der Waals surface area contributed by atoms with Crippen molar-refractivity contribution in [3.05, 3.63) is 40.3 Å². The largest absolute Gasteiger partial charge is 0.336 e. The molecule has 2 aliphatic rings. The van der Waals surface area contributed by atoms with Gasteiger partial charge in [0.2, 0.25) is 5.91 Å². The third-order valence-corrected chi connectivity index (χ3v) is 6.25. The highest BCUT2D eigenvalue weighted by atomic mass is 32.1. The van der Waals surface area contributed by atoms with Crippen molar-refractivity contribution in [3.63, 3.8) is 0 Å². The summed E-state index contributed by atoms with van der Waals surface area (Å²) in [5.74, 6) is 0.720. The maximum atomic E-state index is 12.8. The molecule has 0 unspecified atom stereocenters. The minimum atomic E-state index is 0.239. The summed E-state index contributed by atoms with van der Waals surface area (Å²) in [5.41, 5.74) is 1.16. The zero-order chi connectivity index (χ0) is 17.1. The number of rotatable bonds is 5. The fourth-order valence-electron chi connectivity index (χ4n) is 3.95. The molecule has 2 aromatic heterocycles. The number of nitrogens with zero attached hydrogens (tertiary/aromatic N) is 4. The van der Waals surface area contributed by atoms with E-state index < -0.39 is 0 Å². The summed E-state index contributed by atoms with van der Waals surface area (Å²) >= 11 is 1.66. The van der Waals surface area contributed by atoms with Crippen molar-refractivity contribution in [3.8, 4) is 0 Å². The van der Waals surface area contributed by atoms with Gasteiger partial charge in [-0.05, 0) is 62.3 Å². The normalized spacial score (nSPS) is 21.3. The standard InChI is InChI=1S/C19H26N4OS/c24-19(12-18-4-3-11-25-18)22-13-16(6-10-21-8-1-2-9-21)14-23-17(15-22)5-7-20-23/h3-5,7,11,16H,1-2,6,8-10,12-15H2/t16-/m1/s1. The zero-order valence-corrected chi connectivity index (χ0v) is 15.5. The van der Waals surface area contributed by atoms with Crippen molar-refractivity contribution in [2.45, 2.75) is 38.8 Å². The average molecular weight is 359 g/mol. The molecule has 2 aromatic rings. The Balaban J connectivity index is 1.43. The summed E-state index contributed by atoms with van der Waals surface area (Å²) < 4.78 is 2.10. The van der Waals surface area contributed by atoms with Crippen LogP contribution < -0.4 is 0 Å². The van der Waals surface area contributed by atoms with E-state index in [0.29, 0.717) is 18.9 Å². The van der Waals surface area contributed by atoms with E-state index in [0.717, 1.165) is 36.6 Å². The number of hydrogen-bond donors (Lipinski definition) is 0. The first kappa shape index (κ1) is 16.8. The van der Waals surface area contributed by atoms with Gasteiger partial charge < -0.3 is 9.80 Å². The van der Waals surface area contributed by atoms with Crippen molar-refractivity contribution in [1.29, 1.82) is 0 Å². The lowest BCUT2D eigenvalue weighted by molar-refractivity contribution is -0.131. The van der Waals surface area contributed by atoms with Crippen molar-refractivity contribution in [2.24, 2.45) is 5.92 Å². The SMILES string of the molecule is O=C(Cc1cccs1)N1Cc2ccnn2C[C@H](CCN2CCCC2)C1. The van der Waals surface area contributed by atoms with Crippen molar-refractivity contribution >= 4 is 17.2 Å². The summed E-state index contributed by atoms with van der Waals surface area (Å²) in [6, 6.07) is 6.12. The molecule has 1 saturated heterocycles. The first-order valence-electron chi connectivity index (χ1n) is 9.31. The zero-order valence-electron chi connectivity index (χ0n) is 14.6. The topological polar surface area (TPSA) is 41.4 Å². The van der Waals surface area contributed by atoms with Gasteiger partial charge in [0.1, 0.15) is 0 Å². The predicted molar refractivity (Wildman–Crippen MR) is 99.4 cm³/mol. The number of carbonyl (C=O) groups excluding carboxylic acids is 1. The van der Waals surface area contributed by atoms with Crippen LogP contribution in [0.1, 0.15) is 29.8 Å². The molecule has 1 atom stereocenters. The molecule has 0 radical (unpaired) electrons. The van der Waals surface area contributed by atoms with Crippen LogP contribution in [0.5, 0.6) is 0 Å². The van der Waals surface area contributed by atoms with Crippen molar-refractivity contribution < 1.29 is 4.79 Å². The first-order chi connectivity index (χ1) is 12.3. The molecule has 0 bridgehead atoms. The monoisotopic (exact) mass is 358 g/mol. The van der Waals surface area contributed by atoms with Crippen LogP contribution in [0.25, 0.3) is 0 Å². The molecule has 6 heteroatoms. The van der Waals surface area contributed by atoms with Crippen LogP contribution in [0.2, 0.25) is 0 Å². The van der Waals surface area contributed by atoms with Gasteiger partial charge in [0, 0.05) is 24.2 Å². The van der Waals surface area contributed by atoms with Gasteiger partial charge in [0.25, 0.3) is 0 Å². The highest BCUT2D eigenvalue weighted by Gasteiger charge is 2.26. The number of likely N-dealkylation sites (tertiary alicyclic amines) is 1. The van der Waals surface area contributed by atoms with Crippen LogP contribution in [0.3, 0.4) is 0 Å². The number of hydrogen-bond acceptors (Lipinski definition) is 4. The first-order valence-corrected chi connectivity index (χ1v) is 10.2. The maximum absolute atomic E-state index is 12.8. The molecule has 1 fully saturated rings. The average Bonchev–Trinajstić information content (AvgIpc) is 3.35. The summed E-state index contributed by atoms with van der Waals surface area (Å²) in [7, 11) is 0. The molecular weight excluding hydrogens is 332 g/mol. The number of carbonyl (C=O) groups is 1. The third-order valence-electron chi connectivity index (χ3n) is 5.38. The van der Waals surface area contributed by atoms with Gasteiger partial charge in [0.05, 0.1) is 18.7 Å². The minimum absolute atomic E-state index is 0.239. The van der Waals surface area contributed by atoms with E-state index in [2.05, 4.69) is 25.6 Å². The van der Waals surface area contributed by atoms with Gasteiger partial charge in [-0.15, -0.1) is 11.3 Å². The van der Waals surface area contributed by atoms with Gasteiger partial charge >= 0.3 is 0 Å². The van der Waals surface area contributed by atoms with Crippen LogP contribution in [0.15, 0.2) is 29.8 Å². The number of aromatic nitrogens is 2. The quantitative estimate of drug-likeness (QED) is 0.825. The Hall–Kier alpha value is -1.66. The predicted octanol–water partition coefficient (Wildman–Crippen LogP) is 2.63. The summed E-state index contributed by atoms with van der Waals surface area (Å²) in [5, 5.41) is 6.52. The van der Waals surface area contributed by atoms with Crippen LogP contribution in [-0.4, -0.2) is 51.7 Å². The Labute approximate surface area is 153 Å². The summed E-state index contributed by atoms with van der Waals surface area (Å²) in [6.07, 6.45) is 6.19. The highest BCUT2D eigenvalue weighted by Crippen LogP contribution is 2.21. The molecule has 134 valence electrons. The molecule has 4 heterocycles. The second kappa shape index (κ2) is 7.70. The Kier molecular flexibility index (Phi) is 5.17. The van der Waals surface area contributed by atoms with Gasteiger partial charge in [-0.1, -0.05) is 6.07 Å². The van der Waals surface area contributed by atoms with Gasteiger partial charge in [-0.2, -0.15) is 5.10 Å². The Morgan fingerprint density at radius 3 is 2.92 bits per heavy atom. The van der Waals surface area contributed by atoms with E-state index in [1.165, 1.54) is 25.9 Å². The number of fused-ring (bicyclic) bond motifs is 1. The number of thiophene rings is 1. The second-order valence-electron chi connectivity index (χ2n) is 7.24. The molecule has 0 aromatic carbocycles. The molecule has 0 saturated carbocycles. The van der Waals surface area contributed by atoms with Gasteiger partial charge in [-0.25, -0.2) is 0 Å². The van der Waals surface area contributed by atoms with E-state index >= 15 is 0 Å². The highest BCUT2D eigenvalue weighted by molar-refractivity contribution is 7.10. The number of amides is 1. The smallest absolute Gasteiger partial charge is 0.228 e. The lowest BCUT2D eigenvalue weighted by Crippen LogP contribution is -2.36. The fraction of sp³-hybridized carbons (Fsp3) is 0.579. The molecule has 2 aliphatic heterocycles. The molecule has 5 nitrogen and oxygen atoms in total. The Morgan fingerprint density at radius 1 is 1.24 bits per heavy atom. The summed E-state index contributed by atoms with van der Waals surface area (Å²) in [4.78, 5) is 18.6. The molecule has 4 rings (SSSR count). The van der Waals surface area contributed by atoms with Crippen LogP contribution >= 0.6 is 11.3 Å². The Bertz CT molecular complexity index is 690. The molecule has 0 N–H and O–H groups in total. The lowest BCUT2D eigenvalue weighted by Gasteiger charge is -2.25. The van der Waals surface area contributed by atoms with Crippen LogP contribution in [0.4, 0.5) is 0 Å². The second-order valence-corrected chi connectivity index (χ2v) is 8.27. The molecule has 25 heavy (non-hydrogen) atoms. The van der Waals surface area contributed by atoms with Crippen LogP contribution in [-0.2, 0) is 24.3 Å². The van der Waals surface area contributed by atoms with Crippen LogP contribution in [0, 0.1) is 5.92 Å². The van der Waals surface area contributed by atoms with E-state index in [-0.39, 0.29) is 5.91 Å². The van der Waals surface area contributed by atoms with Crippen molar-refractivity contribution in [2.75, 3.05) is 26.2 Å². The lowest BCUT2D eigenvalue weighted by atomic mass is 10.0.